The van der Waals surface area contributed by atoms with Crippen molar-refractivity contribution in [1.29, 1.82) is 0 Å². The highest BCUT2D eigenvalue weighted by molar-refractivity contribution is 6.00. The second-order valence-corrected chi connectivity index (χ2v) is 24.9. The molecule has 4 aliphatic heterocycles. The highest BCUT2D eigenvalue weighted by Gasteiger charge is 2.55. The Bertz CT molecular complexity index is 3720. The third-order valence-electron chi connectivity index (χ3n) is 18.7. The molecule has 26 heteroatoms. The van der Waals surface area contributed by atoms with Crippen LogP contribution in [0.25, 0.3) is 32.9 Å². The molecule has 90 heavy (non-hydrogen) atoms. The number of aromatic nitrogens is 6. The number of esters is 1. The van der Waals surface area contributed by atoms with E-state index in [0.717, 1.165) is 74.0 Å². The maximum Gasteiger partial charge on any atom is 0.325 e. The number of primary amides is 1. The van der Waals surface area contributed by atoms with Crippen LogP contribution in [0.2, 0.25) is 0 Å². The van der Waals surface area contributed by atoms with Gasteiger partial charge in [0.25, 0.3) is 5.91 Å². The average Bonchev–Trinajstić information content (AvgIpc) is 1.65. The Morgan fingerprint density at radius 3 is 2.31 bits per heavy atom. The number of aryl methyl sites for hydroxylation is 1. The second kappa shape index (κ2) is 26.9. The highest BCUT2D eigenvalue weighted by atomic mass is 19.1. The second-order valence-electron chi connectivity index (χ2n) is 24.9. The van der Waals surface area contributed by atoms with E-state index in [-0.39, 0.29) is 91.0 Å². The number of likely N-dealkylation sites (N-methyl/N-ethyl adjacent to an activating group) is 2. The first kappa shape index (κ1) is 62.4. The maximum absolute atomic E-state index is 16.0. The standard InChI is InChI=1S/C64H79FN16O9/c1-74-26-27-80(63(74)89)45-10-9-23-78(35-45)51-33-69-60(61(66)88)62(72-51)71-44-16-14-40(15-17-44)41-20-24-77(25-21-41)54(84)13-6-5-7-22-67-52(82)18-19-55(85)79-38-64(39-79)30-43(31-64)59-58-46(47-29-50-42(28-48(47)65)32-70-76(50)3)11-8-12-49(58)81(73-59)37-56(86)75(2)36-53(83)68-34-57(87)90-4/h8,11-12,14-17,28-29,32-33,41,43,45H,5-7,9-10,13,18-27,30-31,34-39H2,1-4H3,(H2,66,88)(H,67,82)(H,68,83)(H,71,72)/t45-/m1/s1. The number of likely N-dealkylation sites (tertiary alicyclic amines) is 2. The Morgan fingerprint density at radius 2 is 1.58 bits per heavy atom. The lowest BCUT2D eigenvalue weighted by molar-refractivity contribution is -0.152. The number of carbonyl (C=O) groups excluding carboxylic acids is 8. The van der Waals surface area contributed by atoms with Gasteiger partial charge in [-0.2, -0.15) is 10.2 Å². The molecule has 7 heterocycles. The van der Waals surface area contributed by atoms with E-state index in [0.29, 0.717) is 105 Å². The summed E-state index contributed by atoms with van der Waals surface area (Å²) in [6.07, 6.45) is 10.9. The molecule has 1 spiro atoms. The van der Waals surface area contributed by atoms with Gasteiger partial charge in [0.15, 0.2) is 11.5 Å². The molecule has 6 aromatic rings. The number of urea groups is 1. The topological polar surface area (TPSA) is 289 Å². The summed E-state index contributed by atoms with van der Waals surface area (Å²) in [6.45, 7) is 4.83. The molecule has 4 saturated heterocycles. The van der Waals surface area contributed by atoms with Gasteiger partial charge in [0.2, 0.25) is 29.5 Å². The van der Waals surface area contributed by atoms with Crippen molar-refractivity contribution < 1.29 is 47.5 Å². The monoisotopic (exact) mass is 1230 g/mol. The summed E-state index contributed by atoms with van der Waals surface area (Å²) in [4.78, 5) is 122. The molecule has 1 aliphatic carbocycles. The number of unbranched alkanes of at least 4 members (excludes halogenated alkanes) is 2. The summed E-state index contributed by atoms with van der Waals surface area (Å²) in [5.41, 5.74) is 10.6. The van der Waals surface area contributed by atoms with E-state index in [4.69, 9.17) is 15.8 Å². The predicted octanol–water partition coefficient (Wildman–Crippen LogP) is 5.01. The lowest BCUT2D eigenvalue weighted by Gasteiger charge is -2.59. The minimum absolute atomic E-state index is 0.0388. The molecule has 25 nitrogen and oxygen atoms in total. The third kappa shape index (κ3) is 13.7. The summed E-state index contributed by atoms with van der Waals surface area (Å²) in [6, 6.07) is 16.8. The van der Waals surface area contributed by atoms with Crippen molar-refractivity contribution in [2.24, 2.45) is 18.2 Å². The van der Waals surface area contributed by atoms with Crippen LogP contribution in [-0.4, -0.2) is 201 Å². The van der Waals surface area contributed by atoms with Gasteiger partial charge in [-0.25, -0.2) is 19.2 Å². The van der Waals surface area contributed by atoms with Gasteiger partial charge in [-0.05, 0) is 98.7 Å². The van der Waals surface area contributed by atoms with Crippen LogP contribution in [0.15, 0.2) is 67.0 Å². The van der Waals surface area contributed by atoms with Crippen molar-refractivity contribution in [3.05, 3.63) is 89.8 Å². The quantitative estimate of drug-likeness (QED) is 0.0484. The third-order valence-corrected chi connectivity index (χ3v) is 18.7. The number of benzene rings is 3. The van der Waals surface area contributed by atoms with E-state index in [1.807, 2.05) is 41.1 Å². The Labute approximate surface area is 520 Å². The van der Waals surface area contributed by atoms with E-state index >= 15 is 4.39 Å². The van der Waals surface area contributed by atoms with E-state index in [2.05, 4.69) is 47.8 Å². The fourth-order valence-corrected chi connectivity index (χ4v) is 13.6. The van der Waals surface area contributed by atoms with Crippen LogP contribution < -0.4 is 26.6 Å². The number of anilines is 3. The zero-order chi connectivity index (χ0) is 63.4. The number of ether oxygens (including phenoxy) is 1. The molecule has 5 N–H and O–H groups in total. The zero-order valence-electron chi connectivity index (χ0n) is 51.5. The van der Waals surface area contributed by atoms with Crippen molar-refractivity contribution in [3.63, 3.8) is 0 Å². The van der Waals surface area contributed by atoms with Gasteiger partial charge in [-0.3, -0.25) is 42.9 Å². The van der Waals surface area contributed by atoms with Crippen LogP contribution in [0.3, 0.4) is 0 Å². The maximum atomic E-state index is 16.0. The average molecular weight is 1240 g/mol. The van der Waals surface area contributed by atoms with Gasteiger partial charge >= 0.3 is 12.0 Å². The number of carbonyl (C=O) groups is 8. The van der Waals surface area contributed by atoms with E-state index in [1.54, 1.807) is 50.7 Å². The number of nitrogens with one attached hydrogen (secondary N) is 3. The molecular weight excluding hydrogens is 1160 g/mol. The minimum atomic E-state index is -0.691. The minimum Gasteiger partial charge on any atom is -0.468 e. The Hall–Kier alpha value is -9.23. The molecular formula is C64H79FN16O9. The Kier molecular flexibility index (Phi) is 18.6. The van der Waals surface area contributed by atoms with Crippen LogP contribution in [-0.2, 0) is 47.1 Å². The molecule has 0 unspecified atom stereocenters. The number of nitrogens with zero attached hydrogens (tertiary/aromatic N) is 12. The lowest BCUT2D eigenvalue weighted by atomic mass is 9.56. The number of halogens is 1. The molecule has 0 bridgehead atoms. The van der Waals surface area contributed by atoms with Gasteiger partial charge in [0, 0.05) is 133 Å². The summed E-state index contributed by atoms with van der Waals surface area (Å²) < 4.78 is 23.9. The number of rotatable bonds is 23. The summed E-state index contributed by atoms with van der Waals surface area (Å²) in [5, 5.41) is 19.3. The fourth-order valence-electron chi connectivity index (χ4n) is 13.6. The van der Waals surface area contributed by atoms with Crippen molar-refractivity contribution in [2.75, 3.05) is 103 Å². The first-order valence-corrected chi connectivity index (χ1v) is 31.2. The van der Waals surface area contributed by atoms with Crippen LogP contribution >= 0.6 is 0 Å². The van der Waals surface area contributed by atoms with E-state index in [1.165, 1.54) is 25.1 Å². The highest BCUT2D eigenvalue weighted by Crippen LogP contribution is 2.57. The number of amides is 8. The summed E-state index contributed by atoms with van der Waals surface area (Å²) in [7, 11) is 6.31. The van der Waals surface area contributed by atoms with Gasteiger partial charge in [0.1, 0.15) is 24.7 Å². The number of nitrogens with two attached hydrogens (primary N) is 1. The smallest absolute Gasteiger partial charge is 0.325 e. The van der Waals surface area contributed by atoms with Gasteiger partial charge in [-0.15, -0.1) is 0 Å². The lowest BCUT2D eigenvalue weighted by Crippen LogP contribution is -2.63. The first-order valence-electron chi connectivity index (χ1n) is 31.2. The number of methoxy groups -OCH3 is 1. The van der Waals surface area contributed by atoms with Crippen LogP contribution in [0.1, 0.15) is 111 Å². The molecule has 1 atom stereocenters. The largest absolute Gasteiger partial charge is 0.468 e. The SMILES string of the molecule is COC(=O)CNC(=O)CN(C)C(=O)Cn1nc(C2CC3(C2)CN(C(=O)CCC(=O)NCCCCCC(=O)N2CCC(c4ccc(Nc5nc(N6CCC[C@@H](N7CCN(C)C7=O)C6)cnc5C(N)=O)cc4)CC2)C3)c2c(-c3cc4c(cnn4C)cc3F)cccc21. The van der Waals surface area contributed by atoms with Crippen molar-refractivity contribution >= 4 is 86.6 Å². The van der Waals surface area contributed by atoms with E-state index < -0.39 is 29.5 Å². The normalized spacial score (nSPS) is 17.6. The number of hydrogen-bond donors (Lipinski definition) is 4. The van der Waals surface area contributed by atoms with Crippen LogP contribution in [0.4, 0.5) is 26.5 Å². The molecule has 476 valence electrons. The van der Waals surface area contributed by atoms with Crippen molar-refractivity contribution in [1.82, 2.24) is 64.7 Å². The molecule has 5 aliphatic rings. The van der Waals surface area contributed by atoms with Gasteiger partial charge in [-0.1, -0.05) is 30.7 Å². The van der Waals surface area contributed by atoms with Gasteiger partial charge in [0.05, 0.1) is 48.8 Å². The molecule has 11 rings (SSSR count). The summed E-state index contributed by atoms with van der Waals surface area (Å²) >= 11 is 0. The number of piperidine rings is 2. The fraction of sp³-hybridized carbons (Fsp3) is 0.500. The van der Waals surface area contributed by atoms with Crippen LogP contribution in [0.5, 0.6) is 0 Å². The predicted molar refractivity (Wildman–Crippen MR) is 333 cm³/mol. The molecule has 3 aromatic carbocycles. The van der Waals surface area contributed by atoms with Crippen LogP contribution in [0, 0.1) is 11.2 Å². The number of hydrogen-bond acceptors (Lipinski definition) is 15. The molecule has 3 aromatic heterocycles. The molecule has 0 radical (unpaired) electrons. The zero-order valence-corrected chi connectivity index (χ0v) is 51.5. The first-order chi connectivity index (χ1) is 43.3. The van der Waals surface area contributed by atoms with Crippen molar-refractivity contribution in [2.45, 2.75) is 101 Å². The van der Waals surface area contributed by atoms with Gasteiger partial charge < -0.3 is 55.8 Å². The molecule has 5 fully saturated rings. The molecule has 8 amide bonds. The summed E-state index contributed by atoms with van der Waals surface area (Å²) in [5.74, 6) is -1.72. The van der Waals surface area contributed by atoms with Crippen molar-refractivity contribution in [3.8, 4) is 11.1 Å². The Balaban J connectivity index is 0.592. The number of fused-ring (bicyclic) bond motifs is 2. The van der Waals surface area contributed by atoms with E-state index in [9.17, 15) is 38.4 Å². The Morgan fingerprint density at radius 1 is 0.811 bits per heavy atom. The molecule has 1 saturated carbocycles.